The molecule has 2 N–H and O–H groups in total. The van der Waals surface area contributed by atoms with E-state index in [-0.39, 0.29) is 5.91 Å². The number of fused-ring (bicyclic) bond motifs is 1. The summed E-state index contributed by atoms with van der Waals surface area (Å²) in [6.07, 6.45) is 7.15. The van der Waals surface area contributed by atoms with Gasteiger partial charge in [0.2, 0.25) is 5.91 Å². The van der Waals surface area contributed by atoms with E-state index in [1.54, 1.807) is 47.8 Å². The van der Waals surface area contributed by atoms with Crippen LogP contribution in [0.25, 0.3) is 22.4 Å². The molecule has 4 aromatic heterocycles. The van der Waals surface area contributed by atoms with Crippen LogP contribution >= 0.6 is 11.3 Å². The molecule has 6 rings (SSSR count). The number of thiazole rings is 1. The first-order valence-electron chi connectivity index (χ1n) is 13.2. The largest absolute Gasteiger partial charge is 0.454 e. The number of hydrogen-bond donors (Lipinski definition) is 1. The van der Waals surface area contributed by atoms with Gasteiger partial charge >= 0.3 is 0 Å². The molecule has 0 radical (unpaired) electrons. The van der Waals surface area contributed by atoms with Gasteiger partial charge in [0.25, 0.3) is 5.91 Å². The van der Waals surface area contributed by atoms with Crippen LogP contribution in [-0.2, 0) is 4.74 Å². The fraction of sp³-hybridized carbons (Fsp3) is 0.233. The summed E-state index contributed by atoms with van der Waals surface area (Å²) in [5.74, 6) is 0.171. The van der Waals surface area contributed by atoms with Gasteiger partial charge in [-0.25, -0.2) is 4.98 Å². The van der Waals surface area contributed by atoms with Crippen LogP contribution in [0.3, 0.4) is 0 Å². The number of morpholine rings is 1. The summed E-state index contributed by atoms with van der Waals surface area (Å²) in [5, 5.41) is 3.64. The molecule has 1 fully saturated rings. The summed E-state index contributed by atoms with van der Waals surface area (Å²) in [6, 6.07) is 16.7. The Bertz CT molecular complexity index is 1530. The SMILES string of the molecule is NC(=O)c1cccnc1.O=C(c1cccnc1)N(CCCN1CCOCC1)c1nc(-c2cc3ccccc3o2)cs1. The highest BCUT2D eigenvalue weighted by atomic mass is 32.1. The number of rotatable bonds is 8. The van der Waals surface area contributed by atoms with Crippen LogP contribution in [0, 0.1) is 0 Å². The summed E-state index contributed by atoms with van der Waals surface area (Å²) in [5.41, 5.74) is 7.49. The highest BCUT2D eigenvalue weighted by Crippen LogP contribution is 2.32. The summed E-state index contributed by atoms with van der Waals surface area (Å²) in [7, 11) is 0. The quantitative estimate of drug-likeness (QED) is 0.289. The van der Waals surface area contributed by atoms with Gasteiger partial charge in [0.15, 0.2) is 10.9 Å². The standard InChI is InChI=1S/C24H24N4O3S.C6H6N2O/c29-23(19-6-3-8-25-16-19)28(10-4-9-27-11-13-30-14-12-27)24-26-20(17-32-24)22-15-18-5-1-2-7-21(18)31-22;7-6(9)5-2-1-3-8-4-5/h1-3,5-8,15-17H,4,9-14H2;1-4H,(H2,7,9). The number of ether oxygens (including phenoxy) is 1. The van der Waals surface area contributed by atoms with Crippen LogP contribution < -0.4 is 10.6 Å². The first kappa shape index (κ1) is 28.1. The predicted molar refractivity (Wildman–Crippen MR) is 158 cm³/mol. The van der Waals surface area contributed by atoms with Gasteiger partial charge in [-0.1, -0.05) is 18.2 Å². The van der Waals surface area contributed by atoms with Crippen LogP contribution in [-0.4, -0.2) is 71.1 Å². The Morgan fingerprint density at radius 2 is 1.71 bits per heavy atom. The van der Waals surface area contributed by atoms with Crippen molar-refractivity contribution in [1.82, 2.24) is 19.9 Å². The highest BCUT2D eigenvalue weighted by molar-refractivity contribution is 7.14. The molecule has 11 heteroatoms. The number of carbonyl (C=O) groups excluding carboxylic acids is 2. The molecule has 1 aromatic carbocycles. The van der Waals surface area contributed by atoms with E-state index in [2.05, 4.69) is 14.9 Å². The van der Waals surface area contributed by atoms with E-state index in [1.165, 1.54) is 17.5 Å². The number of primary amides is 1. The maximum absolute atomic E-state index is 13.3. The molecule has 0 saturated carbocycles. The molecule has 1 aliphatic heterocycles. The van der Waals surface area contributed by atoms with Crippen molar-refractivity contribution < 1.29 is 18.7 Å². The van der Waals surface area contributed by atoms with E-state index >= 15 is 0 Å². The number of para-hydroxylation sites is 1. The summed E-state index contributed by atoms with van der Waals surface area (Å²) in [4.78, 5) is 40.4. The molecule has 41 heavy (non-hydrogen) atoms. The Labute approximate surface area is 241 Å². The van der Waals surface area contributed by atoms with E-state index in [0.29, 0.717) is 28.6 Å². The van der Waals surface area contributed by atoms with Gasteiger partial charge in [-0.2, -0.15) is 0 Å². The molecule has 10 nitrogen and oxygen atoms in total. The minimum Gasteiger partial charge on any atom is -0.454 e. The van der Waals surface area contributed by atoms with Crippen LogP contribution in [0.2, 0.25) is 0 Å². The summed E-state index contributed by atoms with van der Waals surface area (Å²) < 4.78 is 11.4. The fourth-order valence-electron chi connectivity index (χ4n) is 4.32. The number of anilines is 1. The molecule has 0 unspecified atom stereocenters. The van der Waals surface area contributed by atoms with E-state index in [9.17, 15) is 9.59 Å². The third-order valence-corrected chi connectivity index (χ3v) is 7.32. The van der Waals surface area contributed by atoms with Crippen molar-refractivity contribution in [2.45, 2.75) is 6.42 Å². The average Bonchev–Trinajstić information content (AvgIpc) is 3.69. The third kappa shape index (κ3) is 7.40. The number of nitrogens with zero attached hydrogens (tertiary/aromatic N) is 5. The smallest absolute Gasteiger partial charge is 0.261 e. The molecule has 2 amide bonds. The van der Waals surface area contributed by atoms with E-state index in [4.69, 9.17) is 19.9 Å². The van der Waals surface area contributed by atoms with Gasteiger partial charge < -0.3 is 14.9 Å². The number of aromatic nitrogens is 3. The fourth-order valence-corrected chi connectivity index (χ4v) is 5.16. The number of benzene rings is 1. The number of carbonyl (C=O) groups is 2. The zero-order valence-electron chi connectivity index (χ0n) is 22.4. The second-order valence-electron chi connectivity index (χ2n) is 9.28. The Morgan fingerprint density at radius 3 is 2.37 bits per heavy atom. The van der Waals surface area contributed by atoms with Crippen molar-refractivity contribution in [3.05, 3.63) is 95.9 Å². The number of furan rings is 1. The highest BCUT2D eigenvalue weighted by Gasteiger charge is 2.22. The van der Waals surface area contributed by atoms with Gasteiger partial charge in [-0.3, -0.25) is 29.4 Å². The van der Waals surface area contributed by atoms with Crippen LogP contribution in [0.1, 0.15) is 27.1 Å². The van der Waals surface area contributed by atoms with Crippen LogP contribution in [0.15, 0.2) is 89.2 Å². The zero-order chi connectivity index (χ0) is 28.4. The third-order valence-electron chi connectivity index (χ3n) is 6.46. The van der Waals surface area contributed by atoms with Gasteiger partial charge in [0.05, 0.1) is 24.3 Å². The molecule has 1 aliphatic rings. The first-order chi connectivity index (χ1) is 20.1. The van der Waals surface area contributed by atoms with E-state index in [1.807, 2.05) is 35.7 Å². The topological polar surface area (TPSA) is 128 Å². The molecular weight excluding hydrogens is 540 g/mol. The number of nitrogens with two attached hydrogens (primary N) is 1. The van der Waals surface area contributed by atoms with Crippen LogP contribution in [0.4, 0.5) is 5.13 Å². The van der Waals surface area contributed by atoms with Crippen molar-refractivity contribution in [2.75, 3.05) is 44.3 Å². The molecule has 5 aromatic rings. The molecule has 0 aliphatic carbocycles. The summed E-state index contributed by atoms with van der Waals surface area (Å²) in [6.45, 7) is 4.91. The van der Waals surface area contributed by atoms with Crippen molar-refractivity contribution in [3.8, 4) is 11.5 Å². The zero-order valence-corrected chi connectivity index (χ0v) is 23.2. The van der Waals surface area contributed by atoms with Gasteiger partial charge in [0.1, 0.15) is 11.3 Å². The lowest BCUT2D eigenvalue weighted by Gasteiger charge is -2.27. The van der Waals surface area contributed by atoms with Gasteiger partial charge in [-0.15, -0.1) is 11.3 Å². The number of hydrogen-bond acceptors (Lipinski definition) is 9. The first-order valence-corrected chi connectivity index (χ1v) is 14.1. The minimum absolute atomic E-state index is 0.0921. The lowest BCUT2D eigenvalue weighted by Crippen LogP contribution is -2.39. The molecule has 210 valence electrons. The molecular formula is C30H30N6O4S. The van der Waals surface area contributed by atoms with Crippen molar-refractivity contribution >= 4 is 39.3 Å². The molecule has 5 heterocycles. The summed E-state index contributed by atoms with van der Waals surface area (Å²) >= 11 is 1.45. The minimum atomic E-state index is -0.442. The van der Waals surface area contributed by atoms with Crippen molar-refractivity contribution in [1.29, 1.82) is 0 Å². The lowest BCUT2D eigenvalue weighted by molar-refractivity contribution is 0.0376. The Balaban J connectivity index is 0.000000321. The van der Waals surface area contributed by atoms with Crippen molar-refractivity contribution in [3.63, 3.8) is 0 Å². The number of amides is 2. The lowest BCUT2D eigenvalue weighted by atomic mass is 10.2. The maximum atomic E-state index is 13.3. The maximum Gasteiger partial charge on any atom is 0.261 e. The van der Waals surface area contributed by atoms with E-state index in [0.717, 1.165) is 55.9 Å². The molecule has 1 saturated heterocycles. The Kier molecular flexibility index (Phi) is 9.42. The number of pyridine rings is 2. The average molecular weight is 571 g/mol. The van der Waals surface area contributed by atoms with Crippen LogP contribution in [0.5, 0.6) is 0 Å². The Hall–Kier alpha value is -4.45. The second kappa shape index (κ2) is 13.8. The second-order valence-corrected chi connectivity index (χ2v) is 10.1. The molecule has 0 spiro atoms. The van der Waals surface area contributed by atoms with E-state index < -0.39 is 5.91 Å². The van der Waals surface area contributed by atoms with Gasteiger partial charge in [0, 0.05) is 61.7 Å². The molecule has 0 bridgehead atoms. The molecule has 0 atom stereocenters. The normalized spacial score (nSPS) is 13.4. The van der Waals surface area contributed by atoms with Crippen molar-refractivity contribution in [2.24, 2.45) is 5.73 Å². The van der Waals surface area contributed by atoms with Gasteiger partial charge in [-0.05, 0) is 42.8 Å². The predicted octanol–water partition coefficient (Wildman–Crippen LogP) is 4.50. The Morgan fingerprint density at radius 1 is 0.976 bits per heavy atom. The monoisotopic (exact) mass is 570 g/mol.